The van der Waals surface area contributed by atoms with Gasteiger partial charge in [-0.2, -0.15) is 0 Å². The van der Waals surface area contributed by atoms with E-state index < -0.39 is 0 Å². The third-order valence-electron chi connectivity index (χ3n) is 2.12. The maximum atomic E-state index is 5.58. The van der Waals surface area contributed by atoms with Gasteiger partial charge in [-0.15, -0.1) is 0 Å². The Morgan fingerprint density at radius 2 is 2.19 bits per heavy atom. The monoisotopic (exact) mass is 230 g/mol. The molecule has 0 N–H and O–H groups in total. The maximum absolute atomic E-state index is 5.58. The van der Waals surface area contributed by atoms with Gasteiger partial charge in [0.15, 0.2) is 0 Å². The van der Waals surface area contributed by atoms with E-state index in [0.717, 1.165) is 16.7 Å². The summed E-state index contributed by atoms with van der Waals surface area (Å²) in [6, 6.07) is 9.76. The van der Waals surface area contributed by atoms with E-state index in [1.165, 1.54) is 0 Å². The van der Waals surface area contributed by atoms with Crippen molar-refractivity contribution in [3.63, 3.8) is 0 Å². The molecule has 2 rings (SSSR count). The number of benzene rings is 1. The van der Waals surface area contributed by atoms with Crippen LogP contribution in [0.5, 0.6) is 5.75 Å². The van der Waals surface area contributed by atoms with Crippen LogP contribution in [-0.2, 0) is 0 Å². The zero-order valence-electron chi connectivity index (χ0n) is 8.59. The molecule has 0 spiro atoms. The molecule has 0 aliphatic carbocycles. The predicted octanol–water partition coefficient (Wildman–Crippen LogP) is 2.72. The van der Waals surface area contributed by atoms with Gasteiger partial charge in [0.25, 0.3) is 0 Å². The van der Waals surface area contributed by atoms with Crippen LogP contribution in [0.15, 0.2) is 41.5 Å². The summed E-state index contributed by atoms with van der Waals surface area (Å²) in [7, 11) is 0. The second kappa shape index (κ2) is 5.35. The quantitative estimate of drug-likeness (QED) is 0.460. The molecule has 0 fully saturated rings. The second-order valence-corrected chi connectivity index (χ2v) is 3.34. The van der Waals surface area contributed by atoms with E-state index in [4.69, 9.17) is 4.74 Å². The summed E-state index contributed by atoms with van der Waals surface area (Å²) in [6.07, 6.45) is 1.75. The number of nitrogens with zero attached hydrogens (tertiary/aromatic N) is 2. The first-order chi connectivity index (χ1) is 7.92. The number of ether oxygens (including phenoxy) is 1. The Hall–Kier alpha value is -1.77. The fourth-order valence-corrected chi connectivity index (χ4v) is 1.53. The molecular formula is C12H10N2OS. The van der Waals surface area contributed by atoms with Crippen LogP contribution in [0, 0.1) is 0 Å². The third-order valence-corrected chi connectivity index (χ3v) is 2.25. The molecule has 2 aromatic rings. The number of fused-ring (bicyclic) bond motifs is 1. The molecule has 0 saturated carbocycles. The fraction of sp³-hybridized carbons (Fsp3) is 0.167. The maximum Gasteiger partial charge on any atom is 0.145 e. The van der Waals surface area contributed by atoms with Crippen molar-refractivity contribution in [3.8, 4) is 5.75 Å². The molecule has 0 bridgehead atoms. The molecule has 1 aromatic heterocycles. The first-order valence-electron chi connectivity index (χ1n) is 4.92. The molecule has 3 nitrogen and oxygen atoms in total. The Morgan fingerprint density at radius 3 is 3.06 bits per heavy atom. The van der Waals surface area contributed by atoms with Gasteiger partial charge in [-0.1, -0.05) is 18.2 Å². The summed E-state index contributed by atoms with van der Waals surface area (Å²) in [5, 5.41) is 3.37. The Kier molecular flexibility index (Phi) is 3.59. The van der Waals surface area contributed by atoms with Crippen molar-refractivity contribution in [2.24, 2.45) is 4.99 Å². The van der Waals surface area contributed by atoms with Crippen LogP contribution < -0.4 is 4.74 Å². The number of thiocarbonyl (C=S) groups is 1. The number of hydrogen-bond donors (Lipinski definition) is 0. The van der Waals surface area contributed by atoms with Crippen LogP contribution in [0.3, 0.4) is 0 Å². The zero-order chi connectivity index (χ0) is 11.2. The number of pyridine rings is 1. The molecule has 0 radical (unpaired) electrons. The molecule has 0 aliphatic rings. The third kappa shape index (κ3) is 2.42. The van der Waals surface area contributed by atoms with Crippen LogP contribution >= 0.6 is 12.2 Å². The average Bonchev–Trinajstić information content (AvgIpc) is 2.35. The molecule has 0 amide bonds. The van der Waals surface area contributed by atoms with E-state index in [0.29, 0.717) is 13.2 Å². The topological polar surface area (TPSA) is 34.5 Å². The lowest BCUT2D eigenvalue weighted by molar-refractivity contribution is 0.332. The number of para-hydroxylation sites is 1. The summed E-state index contributed by atoms with van der Waals surface area (Å²) in [6.45, 7) is 1.01. The number of hydrogen-bond acceptors (Lipinski definition) is 4. The second-order valence-electron chi connectivity index (χ2n) is 3.15. The first-order valence-corrected chi connectivity index (χ1v) is 5.33. The number of rotatable bonds is 4. The van der Waals surface area contributed by atoms with E-state index in [1.807, 2.05) is 30.3 Å². The van der Waals surface area contributed by atoms with Gasteiger partial charge < -0.3 is 4.74 Å². The smallest absolute Gasteiger partial charge is 0.145 e. The van der Waals surface area contributed by atoms with Crippen LogP contribution in [0.2, 0.25) is 0 Å². The lowest BCUT2D eigenvalue weighted by atomic mass is 10.2. The minimum Gasteiger partial charge on any atom is -0.489 e. The van der Waals surface area contributed by atoms with Gasteiger partial charge in [0.05, 0.1) is 11.7 Å². The summed E-state index contributed by atoms with van der Waals surface area (Å²) < 4.78 is 5.58. The Balaban J connectivity index is 2.20. The minimum atomic E-state index is 0.485. The minimum absolute atomic E-state index is 0.485. The lowest BCUT2D eigenvalue weighted by Gasteiger charge is -2.06. The van der Waals surface area contributed by atoms with E-state index in [-0.39, 0.29) is 0 Å². The molecule has 0 unspecified atom stereocenters. The van der Waals surface area contributed by atoms with Crippen molar-refractivity contribution in [3.05, 3.63) is 36.5 Å². The number of aliphatic imine (C=N–C) groups is 1. The highest BCUT2D eigenvalue weighted by atomic mass is 32.1. The number of isothiocyanates is 1. The first kappa shape index (κ1) is 10.7. The van der Waals surface area contributed by atoms with E-state index in [1.54, 1.807) is 6.20 Å². The predicted molar refractivity (Wildman–Crippen MR) is 67.1 cm³/mol. The molecule has 80 valence electrons. The summed E-state index contributed by atoms with van der Waals surface area (Å²) in [5.41, 5.74) is 0.872. The van der Waals surface area contributed by atoms with E-state index >= 15 is 0 Å². The summed E-state index contributed by atoms with van der Waals surface area (Å²) >= 11 is 4.47. The van der Waals surface area contributed by atoms with Gasteiger partial charge in [0, 0.05) is 11.6 Å². The highest BCUT2D eigenvalue weighted by molar-refractivity contribution is 7.78. The fourth-order valence-electron chi connectivity index (χ4n) is 1.44. The Labute approximate surface area is 98.8 Å². The van der Waals surface area contributed by atoms with Crippen molar-refractivity contribution in [2.45, 2.75) is 0 Å². The van der Waals surface area contributed by atoms with Crippen LogP contribution in [0.1, 0.15) is 0 Å². The molecule has 16 heavy (non-hydrogen) atoms. The van der Waals surface area contributed by atoms with Crippen molar-refractivity contribution < 1.29 is 4.74 Å². The molecule has 0 aliphatic heterocycles. The lowest BCUT2D eigenvalue weighted by Crippen LogP contribution is -2.01. The summed E-state index contributed by atoms with van der Waals surface area (Å²) in [5.74, 6) is 0.776. The largest absolute Gasteiger partial charge is 0.489 e. The number of aromatic nitrogens is 1. The van der Waals surface area contributed by atoms with E-state index in [2.05, 4.69) is 27.4 Å². The van der Waals surface area contributed by atoms with Gasteiger partial charge in [0.1, 0.15) is 17.9 Å². The average molecular weight is 230 g/mol. The Bertz CT molecular complexity index is 530. The molecule has 0 atom stereocenters. The highest BCUT2D eigenvalue weighted by Gasteiger charge is 2.01. The Morgan fingerprint density at radius 1 is 1.31 bits per heavy atom. The van der Waals surface area contributed by atoms with Crippen LogP contribution in [0.4, 0.5) is 0 Å². The van der Waals surface area contributed by atoms with Gasteiger partial charge >= 0.3 is 0 Å². The molecule has 1 aromatic carbocycles. The van der Waals surface area contributed by atoms with Crippen molar-refractivity contribution in [1.29, 1.82) is 0 Å². The standard InChI is InChI=1S/C12H10N2OS/c16-9-13-7-8-15-11-5-1-3-10-4-2-6-14-12(10)11/h1-6H,7-8H2. The molecule has 4 heteroatoms. The SMILES string of the molecule is S=C=NCCOc1cccc2cccnc12. The van der Waals surface area contributed by atoms with E-state index in [9.17, 15) is 0 Å². The van der Waals surface area contributed by atoms with Crippen molar-refractivity contribution >= 4 is 28.3 Å². The molecule has 0 saturated heterocycles. The molecule has 1 heterocycles. The summed E-state index contributed by atoms with van der Waals surface area (Å²) in [4.78, 5) is 8.07. The van der Waals surface area contributed by atoms with Crippen LogP contribution in [-0.4, -0.2) is 23.3 Å². The highest BCUT2D eigenvalue weighted by Crippen LogP contribution is 2.22. The zero-order valence-corrected chi connectivity index (χ0v) is 9.41. The van der Waals surface area contributed by atoms with Gasteiger partial charge in [0.2, 0.25) is 0 Å². The van der Waals surface area contributed by atoms with Crippen molar-refractivity contribution in [2.75, 3.05) is 13.2 Å². The van der Waals surface area contributed by atoms with Gasteiger partial charge in [-0.3, -0.25) is 4.98 Å². The van der Waals surface area contributed by atoms with Gasteiger partial charge in [-0.25, -0.2) is 4.99 Å². The van der Waals surface area contributed by atoms with Crippen molar-refractivity contribution in [1.82, 2.24) is 4.98 Å². The molecular weight excluding hydrogens is 220 g/mol. The van der Waals surface area contributed by atoms with Gasteiger partial charge in [-0.05, 0) is 24.4 Å². The normalized spacial score (nSPS) is 9.75. The van der Waals surface area contributed by atoms with Crippen LogP contribution in [0.25, 0.3) is 10.9 Å².